The molecule has 2 N–H and O–H groups in total. The van der Waals surface area contributed by atoms with Crippen molar-refractivity contribution in [3.63, 3.8) is 0 Å². The van der Waals surface area contributed by atoms with E-state index in [4.69, 9.17) is 4.74 Å². The van der Waals surface area contributed by atoms with E-state index in [2.05, 4.69) is 40.1 Å². The minimum absolute atomic E-state index is 0.0831. The van der Waals surface area contributed by atoms with E-state index >= 15 is 0 Å². The molecular formula is C24H23N3O2S. The van der Waals surface area contributed by atoms with Crippen LogP contribution in [0.1, 0.15) is 23.6 Å². The highest BCUT2D eigenvalue weighted by atomic mass is 32.2. The molecule has 0 aromatic heterocycles. The first-order valence-corrected chi connectivity index (χ1v) is 10.5. The van der Waals surface area contributed by atoms with Gasteiger partial charge in [-0.2, -0.15) is 5.10 Å². The molecule has 0 saturated carbocycles. The average Bonchev–Trinajstić information content (AvgIpc) is 2.76. The van der Waals surface area contributed by atoms with Crippen LogP contribution in [0.2, 0.25) is 0 Å². The molecule has 0 bridgehead atoms. The fourth-order valence-corrected chi connectivity index (χ4v) is 4.08. The number of nitrogens with zero attached hydrogens (tertiary/aromatic N) is 1. The van der Waals surface area contributed by atoms with Crippen LogP contribution in [-0.4, -0.2) is 18.2 Å². The zero-order valence-electron chi connectivity index (χ0n) is 17.2. The Labute approximate surface area is 180 Å². The highest BCUT2D eigenvalue weighted by Crippen LogP contribution is 2.44. The van der Waals surface area contributed by atoms with Gasteiger partial charge in [-0.3, -0.25) is 4.79 Å². The molecule has 0 radical (unpaired) electrons. The van der Waals surface area contributed by atoms with Gasteiger partial charge in [0.15, 0.2) is 6.61 Å². The van der Waals surface area contributed by atoms with Crippen molar-refractivity contribution in [1.82, 2.24) is 5.43 Å². The number of rotatable bonds is 5. The highest BCUT2D eigenvalue weighted by molar-refractivity contribution is 7.99. The van der Waals surface area contributed by atoms with Crippen LogP contribution in [0.3, 0.4) is 0 Å². The zero-order valence-corrected chi connectivity index (χ0v) is 18.0. The minimum Gasteiger partial charge on any atom is -0.483 e. The van der Waals surface area contributed by atoms with E-state index in [0.29, 0.717) is 5.75 Å². The average molecular weight is 418 g/mol. The van der Waals surface area contributed by atoms with Crippen molar-refractivity contribution in [2.24, 2.45) is 5.10 Å². The summed E-state index contributed by atoms with van der Waals surface area (Å²) in [5.74, 6) is 0.417. The number of ether oxygens (including phenoxy) is 1. The van der Waals surface area contributed by atoms with Crippen molar-refractivity contribution in [1.29, 1.82) is 0 Å². The second-order valence-corrected chi connectivity index (χ2v) is 8.31. The number of nitrogens with one attached hydrogen (secondary N) is 2. The van der Waals surface area contributed by atoms with Crippen molar-refractivity contribution in [2.75, 3.05) is 11.9 Å². The molecule has 3 aromatic carbocycles. The molecule has 1 heterocycles. The van der Waals surface area contributed by atoms with Gasteiger partial charge in [0.05, 0.1) is 17.1 Å². The van der Waals surface area contributed by atoms with E-state index in [1.807, 2.05) is 57.2 Å². The van der Waals surface area contributed by atoms with Gasteiger partial charge in [-0.15, -0.1) is 0 Å². The lowest BCUT2D eigenvalue weighted by atomic mass is 10.1. The predicted molar refractivity (Wildman–Crippen MR) is 122 cm³/mol. The van der Waals surface area contributed by atoms with Crippen LogP contribution in [0.15, 0.2) is 75.6 Å². The summed E-state index contributed by atoms with van der Waals surface area (Å²) in [5, 5.41) is 7.71. The number of carbonyl (C=O) groups is 1. The molecule has 0 aliphatic carbocycles. The topological polar surface area (TPSA) is 62.7 Å². The SMILES string of the molecule is C/C(=N\NC(=O)COc1cc(C)ccc1C)c1ccc2c(c1)Nc1ccccc1S2. The monoisotopic (exact) mass is 417 g/mol. The van der Waals surface area contributed by atoms with E-state index in [9.17, 15) is 4.79 Å². The van der Waals surface area contributed by atoms with Gasteiger partial charge in [-0.1, -0.05) is 42.1 Å². The van der Waals surface area contributed by atoms with Crippen molar-refractivity contribution in [2.45, 2.75) is 30.6 Å². The number of benzene rings is 3. The number of fused-ring (bicyclic) bond motifs is 2. The summed E-state index contributed by atoms with van der Waals surface area (Å²) < 4.78 is 5.63. The molecule has 0 fully saturated rings. The molecule has 0 atom stereocenters. The number of anilines is 2. The molecule has 30 heavy (non-hydrogen) atoms. The summed E-state index contributed by atoms with van der Waals surface area (Å²) in [4.78, 5) is 14.5. The Morgan fingerprint density at radius 2 is 1.83 bits per heavy atom. The van der Waals surface area contributed by atoms with Crippen molar-refractivity contribution in [3.8, 4) is 5.75 Å². The summed E-state index contributed by atoms with van der Waals surface area (Å²) in [6, 6.07) is 20.3. The Hall–Kier alpha value is -3.25. The second-order valence-electron chi connectivity index (χ2n) is 7.22. The predicted octanol–water partition coefficient (Wildman–Crippen LogP) is 5.43. The number of amides is 1. The summed E-state index contributed by atoms with van der Waals surface area (Å²) in [5.41, 5.74) is 8.46. The first-order chi connectivity index (χ1) is 14.5. The summed E-state index contributed by atoms with van der Waals surface area (Å²) in [7, 11) is 0. The number of carbonyl (C=O) groups excluding carboxylic acids is 1. The molecule has 1 amide bonds. The highest BCUT2D eigenvalue weighted by Gasteiger charge is 2.16. The van der Waals surface area contributed by atoms with Crippen molar-refractivity contribution >= 4 is 34.8 Å². The van der Waals surface area contributed by atoms with Crippen molar-refractivity contribution < 1.29 is 9.53 Å². The molecule has 6 heteroatoms. The van der Waals surface area contributed by atoms with Gasteiger partial charge < -0.3 is 10.1 Å². The third-order valence-electron chi connectivity index (χ3n) is 4.82. The van der Waals surface area contributed by atoms with Gasteiger partial charge in [0.25, 0.3) is 5.91 Å². The fourth-order valence-electron chi connectivity index (χ4n) is 3.11. The number of hydrogen-bond acceptors (Lipinski definition) is 5. The molecule has 0 saturated heterocycles. The third kappa shape index (κ3) is 4.49. The smallest absolute Gasteiger partial charge is 0.277 e. The Morgan fingerprint density at radius 3 is 2.70 bits per heavy atom. The first-order valence-electron chi connectivity index (χ1n) is 9.71. The second kappa shape index (κ2) is 8.63. The number of hydrazone groups is 1. The molecule has 0 unspecified atom stereocenters. The van der Waals surface area contributed by atoms with Crippen LogP contribution in [0.5, 0.6) is 5.75 Å². The zero-order chi connectivity index (χ0) is 21.1. The van der Waals surface area contributed by atoms with Crippen LogP contribution >= 0.6 is 11.8 Å². The standard InChI is InChI=1S/C24H23N3O2S/c1-15-8-9-16(2)21(12-15)29-14-24(28)27-26-17(3)18-10-11-23-20(13-18)25-19-6-4-5-7-22(19)30-23/h4-13,25H,14H2,1-3H3,(H,27,28)/b26-17+. The van der Waals surface area contributed by atoms with E-state index in [1.165, 1.54) is 4.90 Å². The molecule has 4 rings (SSSR count). The normalized spacial score (nSPS) is 12.4. The maximum atomic E-state index is 12.2. The maximum Gasteiger partial charge on any atom is 0.277 e. The third-order valence-corrected chi connectivity index (χ3v) is 5.98. The summed E-state index contributed by atoms with van der Waals surface area (Å²) >= 11 is 1.74. The lowest BCUT2D eigenvalue weighted by Crippen LogP contribution is -2.25. The van der Waals surface area contributed by atoms with E-state index in [0.717, 1.165) is 38.7 Å². The molecular weight excluding hydrogens is 394 g/mol. The maximum absolute atomic E-state index is 12.2. The molecule has 5 nitrogen and oxygen atoms in total. The van der Waals surface area contributed by atoms with Crippen LogP contribution in [0.4, 0.5) is 11.4 Å². The van der Waals surface area contributed by atoms with E-state index in [-0.39, 0.29) is 12.5 Å². The van der Waals surface area contributed by atoms with Crippen LogP contribution < -0.4 is 15.5 Å². The van der Waals surface area contributed by atoms with Crippen LogP contribution in [0.25, 0.3) is 0 Å². The molecule has 1 aliphatic rings. The van der Waals surface area contributed by atoms with Gasteiger partial charge >= 0.3 is 0 Å². The fraction of sp³-hybridized carbons (Fsp3) is 0.167. The van der Waals surface area contributed by atoms with Gasteiger partial charge in [-0.25, -0.2) is 5.43 Å². The van der Waals surface area contributed by atoms with E-state index in [1.54, 1.807) is 11.8 Å². The summed E-state index contributed by atoms with van der Waals surface area (Å²) in [6.45, 7) is 5.73. The van der Waals surface area contributed by atoms with Gasteiger partial charge in [0, 0.05) is 9.79 Å². The Balaban J connectivity index is 1.39. The molecule has 1 aliphatic heterocycles. The number of para-hydroxylation sites is 1. The minimum atomic E-state index is -0.296. The largest absolute Gasteiger partial charge is 0.483 e. The molecule has 0 spiro atoms. The lowest BCUT2D eigenvalue weighted by Gasteiger charge is -2.21. The van der Waals surface area contributed by atoms with Gasteiger partial charge in [-0.05, 0) is 67.8 Å². The quantitative estimate of drug-likeness (QED) is 0.336. The summed E-state index contributed by atoms with van der Waals surface area (Å²) in [6.07, 6.45) is 0. The molecule has 152 valence electrons. The van der Waals surface area contributed by atoms with Crippen LogP contribution in [0, 0.1) is 13.8 Å². The number of hydrogen-bond donors (Lipinski definition) is 2. The first kappa shape index (κ1) is 20.0. The Kier molecular flexibility index (Phi) is 5.77. The number of aryl methyl sites for hydroxylation is 2. The van der Waals surface area contributed by atoms with Gasteiger partial charge in [0.1, 0.15) is 5.75 Å². The Bertz CT molecular complexity index is 1140. The van der Waals surface area contributed by atoms with Crippen molar-refractivity contribution in [3.05, 3.63) is 77.4 Å². The molecule has 3 aromatic rings. The van der Waals surface area contributed by atoms with E-state index < -0.39 is 0 Å². The van der Waals surface area contributed by atoms with Crippen LogP contribution in [-0.2, 0) is 4.79 Å². The van der Waals surface area contributed by atoms with Gasteiger partial charge in [0.2, 0.25) is 0 Å². The lowest BCUT2D eigenvalue weighted by molar-refractivity contribution is -0.123. The Morgan fingerprint density at radius 1 is 1.03 bits per heavy atom.